The molecule has 1 aromatic heterocycles. The van der Waals surface area contributed by atoms with E-state index in [2.05, 4.69) is 150 Å². The molecule has 0 bridgehead atoms. The van der Waals surface area contributed by atoms with Gasteiger partial charge in [-0.2, -0.15) is 0 Å². The molecule has 0 amide bonds. The Morgan fingerprint density at radius 2 is 1.14 bits per heavy atom. The van der Waals surface area contributed by atoms with Crippen LogP contribution in [-0.4, -0.2) is 4.57 Å². The van der Waals surface area contributed by atoms with E-state index in [9.17, 15) is 0 Å². The standard InChI is InChI=1S/C35H26N2/c1-24-11-19-34-32(21-24)33-23-30(18-20-35(33)37(34)31-9-3-2-4-10-31)36-29-16-14-26(15-17-29)28-13-12-25-7-5-6-8-27(25)22-28/h2-23,36H,1H3. The molecule has 6 aromatic carbocycles. The topological polar surface area (TPSA) is 17.0 Å². The number of anilines is 2. The third-order valence-corrected chi connectivity index (χ3v) is 7.19. The van der Waals surface area contributed by atoms with Crippen molar-refractivity contribution >= 4 is 44.0 Å². The Kier molecular flexibility index (Phi) is 5.04. The molecule has 176 valence electrons. The maximum absolute atomic E-state index is 3.62. The van der Waals surface area contributed by atoms with Crippen molar-refractivity contribution in [2.45, 2.75) is 6.92 Å². The van der Waals surface area contributed by atoms with Crippen LogP contribution in [-0.2, 0) is 0 Å². The van der Waals surface area contributed by atoms with Crippen LogP contribution < -0.4 is 5.32 Å². The van der Waals surface area contributed by atoms with Crippen LogP contribution in [0.3, 0.4) is 0 Å². The van der Waals surface area contributed by atoms with Gasteiger partial charge < -0.3 is 9.88 Å². The SMILES string of the molecule is Cc1ccc2c(c1)c1cc(Nc3ccc(-c4ccc5ccccc5c4)cc3)ccc1n2-c1ccccc1. The van der Waals surface area contributed by atoms with Crippen LogP contribution in [0.1, 0.15) is 5.56 Å². The largest absolute Gasteiger partial charge is 0.356 e. The van der Waals surface area contributed by atoms with Gasteiger partial charge in [0.05, 0.1) is 11.0 Å². The zero-order valence-electron chi connectivity index (χ0n) is 20.6. The van der Waals surface area contributed by atoms with E-state index in [4.69, 9.17) is 0 Å². The molecular formula is C35H26N2. The quantitative estimate of drug-likeness (QED) is 0.269. The normalized spacial score (nSPS) is 11.4. The van der Waals surface area contributed by atoms with Crippen molar-refractivity contribution in [1.29, 1.82) is 0 Å². The van der Waals surface area contributed by atoms with Gasteiger partial charge in [-0.15, -0.1) is 0 Å². The number of rotatable bonds is 4. The molecule has 7 rings (SSSR count). The number of nitrogens with one attached hydrogen (secondary N) is 1. The lowest BCUT2D eigenvalue weighted by molar-refractivity contribution is 1.18. The number of hydrogen-bond acceptors (Lipinski definition) is 1. The van der Waals surface area contributed by atoms with Crippen LogP contribution >= 0.6 is 0 Å². The Labute approximate surface area is 216 Å². The van der Waals surface area contributed by atoms with E-state index in [1.54, 1.807) is 0 Å². The molecule has 0 saturated heterocycles. The average Bonchev–Trinajstić information content (AvgIpc) is 3.26. The number of benzene rings is 6. The fourth-order valence-electron chi connectivity index (χ4n) is 5.35. The molecule has 0 atom stereocenters. The molecule has 0 unspecified atom stereocenters. The highest BCUT2D eigenvalue weighted by Crippen LogP contribution is 2.35. The second-order valence-electron chi connectivity index (χ2n) is 9.69. The van der Waals surface area contributed by atoms with E-state index in [1.807, 2.05) is 0 Å². The van der Waals surface area contributed by atoms with Crippen molar-refractivity contribution in [3.63, 3.8) is 0 Å². The van der Waals surface area contributed by atoms with Gasteiger partial charge in [-0.3, -0.25) is 0 Å². The van der Waals surface area contributed by atoms with Gasteiger partial charge in [0.15, 0.2) is 0 Å². The maximum Gasteiger partial charge on any atom is 0.0542 e. The second-order valence-corrected chi connectivity index (χ2v) is 9.69. The summed E-state index contributed by atoms with van der Waals surface area (Å²) in [5.41, 5.74) is 9.49. The van der Waals surface area contributed by atoms with E-state index in [0.717, 1.165) is 11.4 Å². The predicted molar refractivity (Wildman–Crippen MR) is 158 cm³/mol. The van der Waals surface area contributed by atoms with Gasteiger partial charge in [-0.25, -0.2) is 0 Å². The molecule has 0 fully saturated rings. The monoisotopic (exact) mass is 474 g/mol. The summed E-state index contributed by atoms with van der Waals surface area (Å²) in [7, 11) is 0. The van der Waals surface area contributed by atoms with Crippen LogP contribution in [0.5, 0.6) is 0 Å². The summed E-state index contributed by atoms with van der Waals surface area (Å²) in [6.45, 7) is 2.16. The molecule has 0 aliphatic rings. The minimum atomic E-state index is 1.08. The van der Waals surface area contributed by atoms with Crippen molar-refractivity contribution in [2.75, 3.05) is 5.32 Å². The van der Waals surface area contributed by atoms with Crippen LogP contribution in [0.15, 0.2) is 133 Å². The van der Waals surface area contributed by atoms with Gasteiger partial charge in [0.1, 0.15) is 0 Å². The molecule has 0 spiro atoms. The lowest BCUT2D eigenvalue weighted by Crippen LogP contribution is -1.94. The smallest absolute Gasteiger partial charge is 0.0542 e. The zero-order valence-corrected chi connectivity index (χ0v) is 20.6. The van der Waals surface area contributed by atoms with Gasteiger partial charge in [0.2, 0.25) is 0 Å². The molecule has 0 radical (unpaired) electrons. The lowest BCUT2D eigenvalue weighted by Gasteiger charge is -2.10. The van der Waals surface area contributed by atoms with E-state index in [-0.39, 0.29) is 0 Å². The predicted octanol–water partition coefficient (Wildman–Crippen LogP) is 9.66. The van der Waals surface area contributed by atoms with Crippen LogP contribution in [0, 0.1) is 6.92 Å². The zero-order chi connectivity index (χ0) is 24.8. The third-order valence-electron chi connectivity index (χ3n) is 7.19. The molecule has 1 N–H and O–H groups in total. The average molecular weight is 475 g/mol. The highest BCUT2D eigenvalue weighted by molar-refractivity contribution is 6.10. The fourth-order valence-corrected chi connectivity index (χ4v) is 5.35. The first-order valence-corrected chi connectivity index (χ1v) is 12.7. The summed E-state index contributed by atoms with van der Waals surface area (Å²) in [6, 6.07) is 47.8. The number of nitrogens with zero attached hydrogens (tertiary/aromatic N) is 1. The molecule has 0 aliphatic carbocycles. The summed E-state index contributed by atoms with van der Waals surface area (Å²) in [6.07, 6.45) is 0. The molecule has 7 aromatic rings. The van der Waals surface area contributed by atoms with Crippen molar-refractivity contribution in [2.24, 2.45) is 0 Å². The van der Waals surface area contributed by atoms with Gasteiger partial charge >= 0.3 is 0 Å². The highest BCUT2D eigenvalue weighted by atomic mass is 15.0. The van der Waals surface area contributed by atoms with Gasteiger partial charge in [-0.1, -0.05) is 78.4 Å². The Morgan fingerprint density at radius 3 is 1.95 bits per heavy atom. The molecule has 0 saturated carbocycles. The fraction of sp³-hybridized carbons (Fsp3) is 0.0286. The molecular weight excluding hydrogens is 448 g/mol. The number of aromatic nitrogens is 1. The van der Waals surface area contributed by atoms with Gasteiger partial charge in [0, 0.05) is 27.8 Å². The third kappa shape index (κ3) is 3.84. The van der Waals surface area contributed by atoms with E-state index in [0.29, 0.717) is 0 Å². The number of para-hydroxylation sites is 1. The van der Waals surface area contributed by atoms with Crippen molar-refractivity contribution < 1.29 is 0 Å². The molecule has 2 nitrogen and oxygen atoms in total. The molecule has 0 aliphatic heterocycles. The first-order chi connectivity index (χ1) is 18.2. The molecule has 2 heteroatoms. The van der Waals surface area contributed by atoms with E-state index < -0.39 is 0 Å². The highest BCUT2D eigenvalue weighted by Gasteiger charge is 2.13. The Balaban J connectivity index is 1.25. The number of fused-ring (bicyclic) bond motifs is 4. The van der Waals surface area contributed by atoms with Crippen LogP contribution in [0.4, 0.5) is 11.4 Å². The van der Waals surface area contributed by atoms with Crippen molar-refractivity contribution in [1.82, 2.24) is 4.57 Å². The van der Waals surface area contributed by atoms with E-state index >= 15 is 0 Å². The summed E-state index contributed by atoms with van der Waals surface area (Å²) in [5, 5.41) is 8.68. The summed E-state index contributed by atoms with van der Waals surface area (Å²) in [5.74, 6) is 0. The van der Waals surface area contributed by atoms with Gasteiger partial charge in [0.25, 0.3) is 0 Å². The Bertz CT molecular complexity index is 1890. The first-order valence-electron chi connectivity index (χ1n) is 12.7. The summed E-state index contributed by atoms with van der Waals surface area (Å²) >= 11 is 0. The van der Waals surface area contributed by atoms with Crippen LogP contribution in [0.25, 0.3) is 49.4 Å². The Morgan fingerprint density at radius 1 is 0.486 bits per heavy atom. The first kappa shape index (κ1) is 21.5. The summed E-state index contributed by atoms with van der Waals surface area (Å²) in [4.78, 5) is 0. The van der Waals surface area contributed by atoms with E-state index in [1.165, 1.54) is 55.0 Å². The minimum absolute atomic E-state index is 1.08. The van der Waals surface area contributed by atoms with Crippen molar-refractivity contribution in [3.05, 3.63) is 139 Å². The lowest BCUT2D eigenvalue weighted by atomic mass is 10.0. The molecule has 1 heterocycles. The second kappa shape index (κ2) is 8.69. The number of aryl methyl sites for hydroxylation is 1. The van der Waals surface area contributed by atoms with Gasteiger partial charge in [-0.05, 0) is 89.5 Å². The van der Waals surface area contributed by atoms with Crippen molar-refractivity contribution in [3.8, 4) is 16.8 Å². The minimum Gasteiger partial charge on any atom is -0.356 e. The Hall–Kier alpha value is -4.82. The summed E-state index contributed by atoms with van der Waals surface area (Å²) < 4.78 is 2.35. The van der Waals surface area contributed by atoms with Crippen LogP contribution in [0.2, 0.25) is 0 Å². The number of hydrogen-bond donors (Lipinski definition) is 1. The maximum atomic E-state index is 3.62. The molecule has 37 heavy (non-hydrogen) atoms.